The van der Waals surface area contributed by atoms with Gasteiger partial charge in [0.05, 0.1) is 11.3 Å². The fourth-order valence-electron chi connectivity index (χ4n) is 2.58. The quantitative estimate of drug-likeness (QED) is 0.693. The Morgan fingerprint density at radius 2 is 1.90 bits per heavy atom. The van der Waals surface area contributed by atoms with Gasteiger partial charge in [0.1, 0.15) is 0 Å². The van der Waals surface area contributed by atoms with Crippen LogP contribution in [0.15, 0.2) is 42.5 Å². The number of ketones is 1. The second-order valence-electron chi connectivity index (χ2n) is 5.08. The van der Waals surface area contributed by atoms with Gasteiger partial charge in [-0.05, 0) is 53.3 Å². The van der Waals surface area contributed by atoms with E-state index in [-0.39, 0.29) is 11.7 Å². The molecule has 1 aliphatic heterocycles. The molecule has 3 nitrogen and oxygen atoms in total. The average Bonchev–Trinajstić information content (AvgIpc) is 2.50. The van der Waals surface area contributed by atoms with Crippen molar-refractivity contribution in [2.45, 2.75) is 13.3 Å². The van der Waals surface area contributed by atoms with Gasteiger partial charge in [0, 0.05) is 22.1 Å². The van der Waals surface area contributed by atoms with Crippen molar-refractivity contribution < 1.29 is 9.59 Å². The molecule has 0 fully saturated rings. The third-order valence-electron chi connectivity index (χ3n) is 3.73. The number of para-hydroxylation sites is 1. The highest BCUT2D eigenvalue weighted by molar-refractivity contribution is 14.1. The third-order valence-corrected chi connectivity index (χ3v) is 5.16. The van der Waals surface area contributed by atoms with Gasteiger partial charge in [-0.15, -0.1) is 0 Å². The van der Waals surface area contributed by atoms with Crippen molar-refractivity contribution in [3.8, 4) is 0 Å². The van der Waals surface area contributed by atoms with Gasteiger partial charge in [-0.3, -0.25) is 9.59 Å². The molecule has 0 spiro atoms. The van der Waals surface area contributed by atoms with Crippen molar-refractivity contribution in [3.63, 3.8) is 0 Å². The van der Waals surface area contributed by atoms with Crippen LogP contribution in [0.1, 0.15) is 32.7 Å². The van der Waals surface area contributed by atoms with E-state index in [2.05, 4.69) is 22.6 Å². The van der Waals surface area contributed by atoms with E-state index in [4.69, 9.17) is 0 Å². The van der Waals surface area contributed by atoms with Crippen LogP contribution in [0, 0.1) is 10.5 Å². The van der Waals surface area contributed by atoms with Crippen LogP contribution in [0.4, 0.5) is 5.69 Å². The standard InChI is InChI=1S/C17H14INO2/c1-11-5-4-7-13(16(11)18)17(21)19-10-9-15(20)12-6-2-3-8-14(12)19/h2-8H,9-10H2,1H3. The highest BCUT2D eigenvalue weighted by Crippen LogP contribution is 2.29. The van der Waals surface area contributed by atoms with Crippen LogP contribution in [-0.4, -0.2) is 18.2 Å². The van der Waals surface area contributed by atoms with Gasteiger partial charge in [-0.2, -0.15) is 0 Å². The van der Waals surface area contributed by atoms with Crippen molar-refractivity contribution in [1.29, 1.82) is 0 Å². The molecule has 21 heavy (non-hydrogen) atoms. The zero-order chi connectivity index (χ0) is 15.0. The highest BCUT2D eigenvalue weighted by Gasteiger charge is 2.28. The predicted molar refractivity (Wildman–Crippen MR) is 91.0 cm³/mol. The number of amides is 1. The van der Waals surface area contributed by atoms with Gasteiger partial charge in [-0.25, -0.2) is 0 Å². The lowest BCUT2D eigenvalue weighted by Crippen LogP contribution is -2.37. The third kappa shape index (κ3) is 2.48. The van der Waals surface area contributed by atoms with Gasteiger partial charge in [0.25, 0.3) is 5.91 Å². The number of Topliss-reactive ketones (excluding diaryl/α,β-unsaturated/α-hetero) is 1. The number of halogens is 1. The molecule has 0 radical (unpaired) electrons. The lowest BCUT2D eigenvalue weighted by molar-refractivity contribution is 0.0954. The smallest absolute Gasteiger partial charge is 0.259 e. The normalized spacial score (nSPS) is 14.0. The van der Waals surface area contributed by atoms with Crippen LogP contribution in [0.25, 0.3) is 0 Å². The molecule has 4 heteroatoms. The fourth-order valence-corrected chi connectivity index (χ4v) is 3.17. The molecule has 0 aromatic heterocycles. The molecule has 1 amide bonds. The highest BCUT2D eigenvalue weighted by atomic mass is 127. The fraction of sp³-hybridized carbons (Fsp3) is 0.176. The Morgan fingerprint density at radius 1 is 1.14 bits per heavy atom. The van der Waals surface area contributed by atoms with E-state index in [1.165, 1.54) is 0 Å². The Morgan fingerprint density at radius 3 is 2.71 bits per heavy atom. The summed E-state index contributed by atoms with van der Waals surface area (Å²) in [6.07, 6.45) is 0.380. The molecule has 106 valence electrons. The number of aryl methyl sites for hydroxylation is 1. The minimum Gasteiger partial charge on any atom is -0.307 e. The summed E-state index contributed by atoms with van der Waals surface area (Å²) in [6.45, 7) is 2.44. The Bertz CT molecular complexity index is 739. The molecule has 3 rings (SSSR count). The van der Waals surface area contributed by atoms with Gasteiger partial charge in [0.15, 0.2) is 5.78 Å². The van der Waals surface area contributed by atoms with Crippen molar-refractivity contribution in [2.24, 2.45) is 0 Å². The van der Waals surface area contributed by atoms with E-state index in [0.29, 0.717) is 24.1 Å². The van der Waals surface area contributed by atoms with Crippen molar-refractivity contribution >= 4 is 40.0 Å². The number of rotatable bonds is 1. The molecule has 0 bridgehead atoms. The summed E-state index contributed by atoms with van der Waals surface area (Å²) in [4.78, 5) is 26.5. The van der Waals surface area contributed by atoms with Crippen molar-refractivity contribution in [3.05, 3.63) is 62.7 Å². The molecule has 2 aromatic rings. The van der Waals surface area contributed by atoms with Crippen LogP contribution in [0.5, 0.6) is 0 Å². The molecule has 2 aromatic carbocycles. The Hall–Kier alpha value is -1.69. The number of benzene rings is 2. The first-order valence-corrected chi connectivity index (χ1v) is 7.86. The SMILES string of the molecule is Cc1cccc(C(=O)N2CCC(=O)c3ccccc32)c1I. The van der Waals surface area contributed by atoms with E-state index < -0.39 is 0 Å². The molecule has 0 saturated heterocycles. The number of anilines is 1. The summed E-state index contributed by atoms with van der Waals surface area (Å²) < 4.78 is 0.967. The van der Waals surface area contributed by atoms with E-state index in [1.807, 2.05) is 43.3 Å². The van der Waals surface area contributed by atoms with Gasteiger partial charge in [-0.1, -0.05) is 24.3 Å². The summed E-state index contributed by atoms with van der Waals surface area (Å²) in [5, 5.41) is 0. The first-order valence-electron chi connectivity index (χ1n) is 6.79. The largest absolute Gasteiger partial charge is 0.307 e. The van der Waals surface area contributed by atoms with Gasteiger partial charge in [0.2, 0.25) is 0 Å². The van der Waals surface area contributed by atoms with Gasteiger partial charge < -0.3 is 4.90 Å². The molecule has 0 N–H and O–H groups in total. The molecule has 1 aliphatic rings. The Kier molecular flexibility index (Phi) is 3.80. The minimum absolute atomic E-state index is 0.0388. The summed E-state index contributed by atoms with van der Waals surface area (Å²) in [5.41, 5.74) is 3.14. The second-order valence-corrected chi connectivity index (χ2v) is 6.16. The molecular formula is C17H14INO2. The number of fused-ring (bicyclic) bond motifs is 1. The summed E-state index contributed by atoms with van der Waals surface area (Å²) in [5.74, 6) is 0.0663. The molecule has 0 unspecified atom stereocenters. The lowest BCUT2D eigenvalue weighted by atomic mass is 9.99. The van der Waals surface area contributed by atoms with Crippen LogP contribution in [0.2, 0.25) is 0 Å². The number of nitrogens with zero attached hydrogens (tertiary/aromatic N) is 1. The van der Waals surface area contributed by atoms with Crippen LogP contribution >= 0.6 is 22.6 Å². The topological polar surface area (TPSA) is 37.4 Å². The maximum Gasteiger partial charge on any atom is 0.259 e. The molecule has 1 heterocycles. The zero-order valence-electron chi connectivity index (χ0n) is 11.6. The first kappa shape index (κ1) is 14.3. The van der Waals surface area contributed by atoms with E-state index in [0.717, 1.165) is 14.8 Å². The monoisotopic (exact) mass is 391 g/mol. The summed E-state index contributed by atoms with van der Waals surface area (Å²) in [7, 11) is 0. The van der Waals surface area contributed by atoms with Gasteiger partial charge >= 0.3 is 0 Å². The maximum atomic E-state index is 12.9. The van der Waals surface area contributed by atoms with Crippen LogP contribution in [-0.2, 0) is 0 Å². The molecular weight excluding hydrogens is 377 g/mol. The number of carbonyl (C=O) groups excluding carboxylic acids is 2. The lowest BCUT2D eigenvalue weighted by Gasteiger charge is -2.29. The second kappa shape index (κ2) is 5.60. The van der Waals surface area contributed by atoms with E-state index in [1.54, 1.807) is 11.0 Å². The Labute approximate surface area is 137 Å². The van der Waals surface area contributed by atoms with Crippen molar-refractivity contribution in [1.82, 2.24) is 0 Å². The van der Waals surface area contributed by atoms with E-state index in [9.17, 15) is 9.59 Å². The summed E-state index contributed by atoms with van der Waals surface area (Å²) in [6, 6.07) is 13.1. The first-order chi connectivity index (χ1) is 10.1. The molecule has 0 saturated carbocycles. The number of hydrogen-bond acceptors (Lipinski definition) is 2. The number of hydrogen-bond donors (Lipinski definition) is 0. The van der Waals surface area contributed by atoms with Crippen LogP contribution in [0.3, 0.4) is 0 Å². The Balaban J connectivity index is 2.05. The average molecular weight is 391 g/mol. The minimum atomic E-state index is -0.0388. The number of carbonyl (C=O) groups is 2. The summed E-state index contributed by atoms with van der Waals surface area (Å²) >= 11 is 2.21. The maximum absolute atomic E-state index is 12.9. The van der Waals surface area contributed by atoms with E-state index >= 15 is 0 Å². The molecule has 0 aliphatic carbocycles. The van der Waals surface area contributed by atoms with Crippen LogP contribution < -0.4 is 4.90 Å². The molecule has 0 atom stereocenters. The predicted octanol–water partition coefficient (Wildman–Crippen LogP) is 3.83. The van der Waals surface area contributed by atoms with Crippen molar-refractivity contribution in [2.75, 3.05) is 11.4 Å². The zero-order valence-corrected chi connectivity index (χ0v) is 13.8.